The lowest BCUT2D eigenvalue weighted by Gasteiger charge is -2.22. The largest absolute Gasteiger partial charge is 0.480 e. The van der Waals surface area contributed by atoms with Crippen LogP contribution in [0.3, 0.4) is 0 Å². The molecule has 1 saturated heterocycles. The molecule has 7 heteroatoms. The molecular weight excluding hydrogens is 280 g/mol. The number of carbonyl (C=O) groups is 2. The summed E-state index contributed by atoms with van der Waals surface area (Å²) in [5.41, 5.74) is 0. The Balaban J connectivity index is 2.18. The van der Waals surface area contributed by atoms with E-state index in [0.29, 0.717) is 18.7 Å². The van der Waals surface area contributed by atoms with Gasteiger partial charge in [0.15, 0.2) is 0 Å². The molecule has 0 aliphatic carbocycles. The average molecular weight is 304 g/mol. The van der Waals surface area contributed by atoms with Crippen molar-refractivity contribution in [2.45, 2.75) is 44.2 Å². The number of carboxylic acid groups (broad SMARTS) is 1. The monoisotopic (exact) mass is 304 g/mol. The number of ether oxygens (including phenoxy) is 1. The minimum Gasteiger partial charge on any atom is -0.480 e. The first-order chi connectivity index (χ1) is 9.63. The lowest BCUT2D eigenvalue weighted by molar-refractivity contribution is -0.139. The van der Waals surface area contributed by atoms with Crippen molar-refractivity contribution in [2.24, 2.45) is 0 Å². The van der Waals surface area contributed by atoms with E-state index < -0.39 is 18.0 Å². The maximum atomic E-state index is 11.6. The highest BCUT2D eigenvalue weighted by Gasteiger charge is 2.19. The second kappa shape index (κ2) is 9.88. The van der Waals surface area contributed by atoms with Gasteiger partial charge in [-0.25, -0.2) is 9.59 Å². The number of nitrogens with one attached hydrogen (secondary N) is 2. The predicted octanol–water partition coefficient (Wildman–Crippen LogP) is 1.45. The molecule has 2 atom stereocenters. The quantitative estimate of drug-likeness (QED) is 0.632. The minimum absolute atomic E-state index is 0.218. The molecule has 0 spiro atoms. The van der Waals surface area contributed by atoms with E-state index in [-0.39, 0.29) is 6.10 Å². The first-order valence-electron chi connectivity index (χ1n) is 7.01. The molecule has 116 valence electrons. The van der Waals surface area contributed by atoms with E-state index in [1.165, 1.54) is 6.42 Å². The zero-order chi connectivity index (χ0) is 14.8. The predicted molar refractivity (Wildman–Crippen MR) is 79.2 cm³/mol. The summed E-state index contributed by atoms with van der Waals surface area (Å²) in [4.78, 5) is 22.6. The zero-order valence-corrected chi connectivity index (χ0v) is 12.7. The van der Waals surface area contributed by atoms with Crippen molar-refractivity contribution in [2.75, 3.05) is 25.2 Å². The summed E-state index contributed by atoms with van der Waals surface area (Å²) >= 11 is 1.56. The van der Waals surface area contributed by atoms with Crippen LogP contribution in [0.1, 0.15) is 32.1 Å². The van der Waals surface area contributed by atoms with Gasteiger partial charge in [0.25, 0.3) is 0 Å². The fraction of sp³-hybridized carbons (Fsp3) is 0.846. The zero-order valence-electron chi connectivity index (χ0n) is 11.9. The SMILES string of the molecule is CSCCC(NC(=O)NCCC1CCCCO1)C(=O)O. The van der Waals surface area contributed by atoms with Crippen LogP contribution < -0.4 is 10.6 Å². The van der Waals surface area contributed by atoms with Crippen LogP contribution in [-0.4, -0.2) is 54.4 Å². The molecular formula is C13H24N2O4S. The second-order valence-electron chi connectivity index (χ2n) is 4.85. The summed E-state index contributed by atoms with van der Waals surface area (Å²) in [6.07, 6.45) is 6.65. The summed E-state index contributed by atoms with van der Waals surface area (Å²) in [6, 6.07) is -1.25. The van der Waals surface area contributed by atoms with Gasteiger partial charge in [0.1, 0.15) is 6.04 Å². The Bertz CT molecular complexity index is 309. The third-order valence-electron chi connectivity index (χ3n) is 3.24. The molecule has 2 unspecified atom stereocenters. The van der Waals surface area contributed by atoms with Gasteiger partial charge in [0, 0.05) is 13.2 Å². The Morgan fingerprint density at radius 1 is 1.45 bits per heavy atom. The standard InChI is InChI=1S/C13H24N2O4S/c1-20-9-6-11(12(16)17)15-13(18)14-7-5-10-4-2-3-8-19-10/h10-11H,2-9H2,1H3,(H,16,17)(H2,14,15,18). The topological polar surface area (TPSA) is 87.7 Å². The molecule has 0 aromatic carbocycles. The number of aliphatic carboxylic acids is 1. The summed E-state index contributed by atoms with van der Waals surface area (Å²) in [6.45, 7) is 1.30. The number of carbonyl (C=O) groups excluding carboxylic acids is 1. The highest BCUT2D eigenvalue weighted by Crippen LogP contribution is 2.14. The summed E-state index contributed by atoms with van der Waals surface area (Å²) in [5, 5.41) is 14.2. The number of hydrogen-bond acceptors (Lipinski definition) is 4. The fourth-order valence-electron chi connectivity index (χ4n) is 2.08. The van der Waals surface area contributed by atoms with Gasteiger partial charge in [-0.05, 0) is 44.1 Å². The van der Waals surface area contributed by atoms with Crippen molar-refractivity contribution < 1.29 is 19.4 Å². The van der Waals surface area contributed by atoms with E-state index in [0.717, 1.165) is 25.9 Å². The Hall–Kier alpha value is -0.950. The third-order valence-corrected chi connectivity index (χ3v) is 3.88. The van der Waals surface area contributed by atoms with Crippen LogP contribution in [0, 0.1) is 0 Å². The lowest BCUT2D eigenvalue weighted by atomic mass is 10.1. The van der Waals surface area contributed by atoms with Crippen LogP contribution in [0.2, 0.25) is 0 Å². The van der Waals surface area contributed by atoms with Gasteiger partial charge >= 0.3 is 12.0 Å². The molecule has 1 aliphatic heterocycles. The number of urea groups is 1. The molecule has 0 bridgehead atoms. The molecule has 1 rings (SSSR count). The molecule has 1 heterocycles. The highest BCUT2D eigenvalue weighted by atomic mass is 32.2. The van der Waals surface area contributed by atoms with E-state index >= 15 is 0 Å². The lowest BCUT2D eigenvalue weighted by Crippen LogP contribution is -2.46. The van der Waals surface area contributed by atoms with Gasteiger partial charge in [0.05, 0.1) is 6.10 Å². The van der Waals surface area contributed by atoms with Crippen molar-refractivity contribution >= 4 is 23.8 Å². The Labute approximate surface area is 124 Å². The number of amides is 2. The molecule has 0 saturated carbocycles. The van der Waals surface area contributed by atoms with Crippen LogP contribution in [-0.2, 0) is 9.53 Å². The van der Waals surface area contributed by atoms with Crippen LogP contribution in [0.25, 0.3) is 0 Å². The second-order valence-corrected chi connectivity index (χ2v) is 5.84. The van der Waals surface area contributed by atoms with Crippen molar-refractivity contribution in [1.29, 1.82) is 0 Å². The molecule has 0 radical (unpaired) electrons. The maximum absolute atomic E-state index is 11.6. The maximum Gasteiger partial charge on any atom is 0.326 e. The first kappa shape index (κ1) is 17.1. The van der Waals surface area contributed by atoms with Crippen molar-refractivity contribution in [3.8, 4) is 0 Å². The number of carboxylic acids is 1. The van der Waals surface area contributed by atoms with Gasteiger partial charge in [-0.3, -0.25) is 0 Å². The third kappa shape index (κ3) is 7.00. The molecule has 0 aromatic rings. The summed E-state index contributed by atoms with van der Waals surface area (Å²) in [5.74, 6) is -0.294. The molecule has 6 nitrogen and oxygen atoms in total. The van der Waals surface area contributed by atoms with Gasteiger partial charge < -0.3 is 20.5 Å². The normalized spacial score (nSPS) is 20.1. The van der Waals surface area contributed by atoms with Gasteiger partial charge in [0.2, 0.25) is 0 Å². The molecule has 1 aliphatic rings. The van der Waals surface area contributed by atoms with Crippen LogP contribution in [0.4, 0.5) is 4.79 Å². The van der Waals surface area contributed by atoms with E-state index in [4.69, 9.17) is 9.84 Å². The Kier molecular flexibility index (Phi) is 8.45. The molecule has 1 fully saturated rings. The summed E-state index contributed by atoms with van der Waals surface area (Å²) < 4.78 is 5.56. The molecule has 2 amide bonds. The van der Waals surface area contributed by atoms with Gasteiger partial charge in [-0.1, -0.05) is 0 Å². The van der Waals surface area contributed by atoms with Crippen LogP contribution >= 0.6 is 11.8 Å². The molecule has 0 aromatic heterocycles. The number of thioether (sulfide) groups is 1. The van der Waals surface area contributed by atoms with Gasteiger partial charge in [-0.15, -0.1) is 0 Å². The van der Waals surface area contributed by atoms with E-state index in [1.807, 2.05) is 6.26 Å². The van der Waals surface area contributed by atoms with E-state index in [9.17, 15) is 9.59 Å². The highest BCUT2D eigenvalue weighted by molar-refractivity contribution is 7.98. The van der Waals surface area contributed by atoms with Crippen molar-refractivity contribution in [3.05, 3.63) is 0 Å². The Morgan fingerprint density at radius 3 is 2.85 bits per heavy atom. The molecule has 20 heavy (non-hydrogen) atoms. The summed E-state index contributed by atoms with van der Waals surface area (Å²) in [7, 11) is 0. The minimum atomic E-state index is -0.996. The van der Waals surface area contributed by atoms with Crippen LogP contribution in [0.5, 0.6) is 0 Å². The van der Waals surface area contributed by atoms with Gasteiger partial charge in [-0.2, -0.15) is 11.8 Å². The smallest absolute Gasteiger partial charge is 0.326 e. The van der Waals surface area contributed by atoms with Crippen molar-refractivity contribution in [1.82, 2.24) is 10.6 Å². The van der Waals surface area contributed by atoms with E-state index in [1.54, 1.807) is 11.8 Å². The average Bonchev–Trinajstić information content (AvgIpc) is 2.44. The Morgan fingerprint density at radius 2 is 2.25 bits per heavy atom. The first-order valence-corrected chi connectivity index (χ1v) is 8.40. The number of hydrogen-bond donors (Lipinski definition) is 3. The number of rotatable bonds is 8. The molecule has 3 N–H and O–H groups in total. The van der Waals surface area contributed by atoms with Crippen molar-refractivity contribution in [3.63, 3.8) is 0 Å². The van der Waals surface area contributed by atoms with Crippen LogP contribution in [0.15, 0.2) is 0 Å². The van der Waals surface area contributed by atoms with E-state index in [2.05, 4.69) is 10.6 Å². The fourth-order valence-corrected chi connectivity index (χ4v) is 2.56.